The zero-order valence-corrected chi connectivity index (χ0v) is 14.2. The molecule has 0 spiro atoms. The molecule has 1 aromatic carbocycles. The maximum atomic E-state index is 12.5. The highest BCUT2D eigenvalue weighted by Gasteiger charge is 2.30. The van der Waals surface area contributed by atoms with Gasteiger partial charge in [-0.15, -0.1) is 11.3 Å². The number of rotatable bonds is 5. The van der Waals surface area contributed by atoms with Crippen LogP contribution in [0.1, 0.15) is 24.0 Å². The number of carbonyl (C=O) groups is 1. The van der Waals surface area contributed by atoms with Crippen LogP contribution in [0, 0.1) is 0 Å². The van der Waals surface area contributed by atoms with Crippen LogP contribution in [0.2, 0.25) is 0 Å². The molecule has 0 radical (unpaired) electrons. The lowest BCUT2D eigenvalue weighted by molar-refractivity contribution is -0.137. The van der Waals surface area contributed by atoms with E-state index >= 15 is 0 Å². The molecule has 8 heteroatoms. The van der Waals surface area contributed by atoms with E-state index in [-0.39, 0.29) is 18.4 Å². The van der Waals surface area contributed by atoms with E-state index in [1.807, 2.05) is 5.38 Å². The summed E-state index contributed by atoms with van der Waals surface area (Å²) in [5, 5.41) is 5.87. The number of nitrogens with one attached hydrogen (secondary N) is 1. The van der Waals surface area contributed by atoms with Crippen molar-refractivity contribution in [2.45, 2.75) is 31.5 Å². The van der Waals surface area contributed by atoms with Gasteiger partial charge in [0.1, 0.15) is 0 Å². The first kappa shape index (κ1) is 17.7. The van der Waals surface area contributed by atoms with Crippen molar-refractivity contribution in [3.63, 3.8) is 0 Å². The Morgan fingerprint density at radius 1 is 1.32 bits per heavy atom. The fourth-order valence-corrected chi connectivity index (χ4v) is 3.52. The number of aryl methyl sites for hydroxylation is 1. The molecule has 134 valence electrons. The highest BCUT2D eigenvalue weighted by molar-refractivity contribution is 7.13. The van der Waals surface area contributed by atoms with E-state index < -0.39 is 11.7 Å². The molecule has 1 atom stereocenters. The van der Waals surface area contributed by atoms with Crippen LogP contribution in [0.4, 0.5) is 18.3 Å². The predicted octanol–water partition coefficient (Wildman–Crippen LogP) is 3.49. The molecule has 0 aliphatic carbocycles. The number of amides is 1. The van der Waals surface area contributed by atoms with Gasteiger partial charge in [-0.05, 0) is 30.5 Å². The van der Waals surface area contributed by atoms with Crippen molar-refractivity contribution < 1.29 is 18.0 Å². The number of halogens is 3. The van der Waals surface area contributed by atoms with E-state index in [4.69, 9.17) is 0 Å². The summed E-state index contributed by atoms with van der Waals surface area (Å²) in [5.74, 6) is -0.0779. The summed E-state index contributed by atoms with van der Waals surface area (Å²) in [6, 6.07) is 5.04. The Morgan fingerprint density at radius 3 is 2.72 bits per heavy atom. The molecular formula is C17H18F3N3OS. The third-order valence-corrected chi connectivity index (χ3v) is 5.00. The number of thiazole rings is 1. The quantitative estimate of drug-likeness (QED) is 0.878. The van der Waals surface area contributed by atoms with Gasteiger partial charge in [-0.3, -0.25) is 4.79 Å². The van der Waals surface area contributed by atoms with Crippen molar-refractivity contribution in [3.05, 3.63) is 47.0 Å². The normalized spacial score (nSPS) is 17.7. The Hall–Kier alpha value is -2.09. The van der Waals surface area contributed by atoms with Crippen LogP contribution in [0.5, 0.6) is 0 Å². The Balaban J connectivity index is 1.44. The summed E-state index contributed by atoms with van der Waals surface area (Å²) in [6.07, 6.45) is -1.02. The second kappa shape index (κ2) is 7.43. The molecule has 0 saturated carbocycles. The van der Waals surface area contributed by atoms with E-state index in [9.17, 15) is 18.0 Å². The zero-order chi connectivity index (χ0) is 17.9. The van der Waals surface area contributed by atoms with Gasteiger partial charge in [0.15, 0.2) is 5.13 Å². The predicted molar refractivity (Wildman–Crippen MR) is 90.6 cm³/mol. The van der Waals surface area contributed by atoms with Gasteiger partial charge in [0.05, 0.1) is 5.56 Å². The van der Waals surface area contributed by atoms with E-state index in [0.717, 1.165) is 42.3 Å². The van der Waals surface area contributed by atoms with Gasteiger partial charge in [-0.25, -0.2) is 4.98 Å². The lowest BCUT2D eigenvalue weighted by Crippen LogP contribution is -2.37. The summed E-state index contributed by atoms with van der Waals surface area (Å²) in [6.45, 7) is 1.59. The Kier molecular flexibility index (Phi) is 5.27. The molecule has 1 saturated heterocycles. The molecule has 1 N–H and O–H groups in total. The summed E-state index contributed by atoms with van der Waals surface area (Å²) < 4.78 is 37.6. The second-order valence-electron chi connectivity index (χ2n) is 6.01. The molecular weight excluding hydrogens is 351 g/mol. The summed E-state index contributed by atoms with van der Waals surface area (Å²) in [5.41, 5.74) is 0.0490. The number of carbonyl (C=O) groups excluding carboxylic acids is 1. The maximum Gasteiger partial charge on any atom is 0.416 e. The Bertz CT molecular complexity index is 701. The monoisotopic (exact) mass is 369 g/mol. The minimum Gasteiger partial charge on any atom is -0.352 e. The molecule has 1 aliphatic rings. The first-order valence-electron chi connectivity index (χ1n) is 8.02. The molecule has 2 aromatic rings. The highest BCUT2D eigenvalue weighted by atomic mass is 32.1. The van der Waals surface area contributed by atoms with Gasteiger partial charge in [0, 0.05) is 37.1 Å². The minimum absolute atomic E-state index is 0.0779. The number of hydrogen-bond acceptors (Lipinski definition) is 4. The topological polar surface area (TPSA) is 45.2 Å². The SMILES string of the molecule is O=C(CCc1ccc(C(F)(F)F)cc1)N[C@H]1CCN(c2nccs2)C1. The standard InChI is InChI=1S/C17H18F3N3OS/c18-17(19,20)13-4-1-12(2-5-13)3-6-15(24)22-14-7-9-23(11-14)16-21-8-10-25-16/h1-2,4-5,8,10,14H,3,6-7,9,11H2,(H,22,24)/t14-/m0/s1. The largest absolute Gasteiger partial charge is 0.416 e. The molecule has 25 heavy (non-hydrogen) atoms. The number of nitrogens with zero attached hydrogens (tertiary/aromatic N) is 2. The lowest BCUT2D eigenvalue weighted by Gasteiger charge is -2.15. The van der Waals surface area contributed by atoms with Crippen molar-refractivity contribution >= 4 is 22.4 Å². The summed E-state index contributed by atoms with van der Waals surface area (Å²) in [4.78, 5) is 18.5. The van der Waals surface area contributed by atoms with Gasteiger partial charge >= 0.3 is 6.18 Å². The molecule has 2 heterocycles. The van der Waals surface area contributed by atoms with E-state index in [0.29, 0.717) is 6.42 Å². The van der Waals surface area contributed by atoms with Gasteiger partial charge in [-0.1, -0.05) is 12.1 Å². The molecule has 1 aromatic heterocycles. The van der Waals surface area contributed by atoms with Crippen molar-refractivity contribution in [1.82, 2.24) is 10.3 Å². The van der Waals surface area contributed by atoms with E-state index in [2.05, 4.69) is 15.2 Å². The summed E-state index contributed by atoms with van der Waals surface area (Å²) in [7, 11) is 0. The number of anilines is 1. The fraction of sp³-hybridized carbons (Fsp3) is 0.412. The van der Waals surface area contributed by atoms with Gasteiger partial charge in [0.25, 0.3) is 0 Å². The first-order valence-corrected chi connectivity index (χ1v) is 8.90. The van der Waals surface area contributed by atoms with E-state index in [1.165, 1.54) is 12.1 Å². The van der Waals surface area contributed by atoms with Crippen LogP contribution in [-0.2, 0) is 17.4 Å². The van der Waals surface area contributed by atoms with Crippen molar-refractivity contribution in [2.24, 2.45) is 0 Å². The fourth-order valence-electron chi connectivity index (χ4n) is 2.84. The maximum absolute atomic E-state index is 12.5. The van der Waals surface area contributed by atoms with Gasteiger partial charge in [0.2, 0.25) is 5.91 Å². The zero-order valence-electron chi connectivity index (χ0n) is 13.4. The average Bonchev–Trinajstić information content (AvgIpc) is 3.23. The van der Waals surface area contributed by atoms with Crippen molar-refractivity contribution in [3.8, 4) is 0 Å². The van der Waals surface area contributed by atoms with Crippen LogP contribution in [0.25, 0.3) is 0 Å². The molecule has 1 amide bonds. The Labute approximate surface area is 147 Å². The van der Waals surface area contributed by atoms with E-state index in [1.54, 1.807) is 17.5 Å². The molecule has 3 rings (SSSR count). The number of benzene rings is 1. The van der Waals surface area contributed by atoms with Gasteiger partial charge < -0.3 is 10.2 Å². The molecule has 1 fully saturated rings. The first-order chi connectivity index (χ1) is 11.9. The van der Waals surface area contributed by atoms with Crippen LogP contribution < -0.4 is 10.2 Å². The average molecular weight is 369 g/mol. The van der Waals surface area contributed by atoms with Crippen LogP contribution >= 0.6 is 11.3 Å². The highest BCUT2D eigenvalue weighted by Crippen LogP contribution is 2.29. The molecule has 0 unspecified atom stereocenters. The number of hydrogen-bond donors (Lipinski definition) is 1. The van der Waals surface area contributed by atoms with Crippen molar-refractivity contribution in [2.75, 3.05) is 18.0 Å². The molecule has 4 nitrogen and oxygen atoms in total. The minimum atomic E-state index is -4.33. The van der Waals surface area contributed by atoms with Crippen LogP contribution in [0.15, 0.2) is 35.8 Å². The third-order valence-electron chi connectivity index (χ3n) is 4.17. The molecule has 0 bridgehead atoms. The van der Waals surface area contributed by atoms with Crippen LogP contribution in [0.3, 0.4) is 0 Å². The lowest BCUT2D eigenvalue weighted by atomic mass is 10.1. The molecule has 1 aliphatic heterocycles. The smallest absolute Gasteiger partial charge is 0.352 e. The number of alkyl halides is 3. The number of aromatic nitrogens is 1. The second-order valence-corrected chi connectivity index (χ2v) is 6.88. The van der Waals surface area contributed by atoms with Crippen LogP contribution in [-0.4, -0.2) is 30.0 Å². The van der Waals surface area contributed by atoms with Crippen molar-refractivity contribution in [1.29, 1.82) is 0 Å². The Morgan fingerprint density at radius 2 is 2.08 bits per heavy atom. The van der Waals surface area contributed by atoms with Gasteiger partial charge in [-0.2, -0.15) is 13.2 Å². The third kappa shape index (κ3) is 4.72. The summed E-state index contributed by atoms with van der Waals surface area (Å²) >= 11 is 1.57.